The van der Waals surface area contributed by atoms with Gasteiger partial charge in [0.1, 0.15) is 5.75 Å². The lowest BCUT2D eigenvalue weighted by Crippen LogP contribution is -2.22. The lowest BCUT2D eigenvalue weighted by atomic mass is 10.00. The van der Waals surface area contributed by atoms with Gasteiger partial charge in [-0.15, -0.1) is 0 Å². The maximum absolute atomic E-state index is 11.6. The zero-order valence-electron chi connectivity index (χ0n) is 20.7. The minimum Gasteiger partial charge on any atom is -0.494 e. The number of methoxy groups -OCH3 is 1. The van der Waals surface area contributed by atoms with Crippen LogP contribution in [0.3, 0.4) is 0 Å². The molecule has 0 amide bonds. The van der Waals surface area contributed by atoms with Crippen molar-refractivity contribution >= 4 is 18.0 Å². The first-order chi connectivity index (χ1) is 16.6. The highest BCUT2D eigenvalue weighted by Gasteiger charge is 2.13. The van der Waals surface area contributed by atoms with E-state index in [1.807, 2.05) is 18.2 Å². The normalized spacial score (nSPS) is 15.9. The van der Waals surface area contributed by atoms with Gasteiger partial charge in [0.05, 0.1) is 20.3 Å². The second-order valence-corrected chi connectivity index (χ2v) is 8.31. The predicted octanol–water partition coefficient (Wildman–Crippen LogP) is 5.24. The van der Waals surface area contributed by atoms with Crippen molar-refractivity contribution in [3.8, 4) is 5.75 Å². The van der Waals surface area contributed by atoms with Crippen molar-refractivity contribution in [2.24, 2.45) is 0 Å². The summed E-state index contributed by atoms with van der Waals surface area (Å²) in [6.07, 6.45) is 12.7. The molecule has 2 rings (SSSR count). The van der Waals surface area contributed by atoms with Gasteiger partial charge in [-0.25, -0.2) is 4.79 Å². The smallest absolute Gasteiger partial charge is 0.330 e. The van der Waals surface area contributed by atoms with Crippen LogP contribution in [0.15, 0.2) is 24.3 Å². The van der Waals surface area contributed by atoms with Gasteiger partial charge in [-0.2, -0.15) is 0 Å². The minimum absolute atomic E-state index is 0.0104. The van der Waals surface area contributed by atoms with E-state index in [1.165, 1.54) is 19.6 Å². The summed E-state index contributed by atoms with van der Waals surface area (Å²) in [4.78, 5) is 23.0. The first-order valence-corrected chi connectivity index (χ1v) is 12.5. The van der Waals surface area contributed by atoms with Gasteiger partial charge < -0.3 is 23.7 Å². The van der Waals surface area contributed by atoms with Crippen LogP contribution in [0.4, 0.5) is 0 Å². The number of aryl methyl sites for hydroxylation is 1. The van der Waals surface area contributed by atoms with E-state index in [0.29, 0.717) is 31.8 Å². The SMILES string of the molecule is CCOC(=O)CCCOc1ccc(CCCCCCOC2CCCCO2)c(/C=C/C(=O)OC)c1. The molecule has 1 atom stereocenters. The fourth-order valence-corrected chi connectivity index (χ4v) is 3.74. The minimum atomic E-state index is -0.395. The van der Waals surface area contributed by atoms with E-state index in [4.69, 9.17) is 23.7 Å². The molecule has 34 heavy (non-hydrogen) atoms. The van der Waals surface area contributed by atoms with Crippen molar-refractivity contribution in [2.45, 2.75) is 77.4 Å². The van der Waals surface area contributed by atoms with Crippen LogP contribution in [-0.2, 0) is 35.0 Å². The second kappa shape index (κ2) is 17.1. The van der Waals surface area contributed by atoms with Crippen LogP contribution in [0.5, 0.6) is 5.75 Å². The van der Waals surface area contributed by atoms with E-state index in [-0.39, 0.29) is 12.3 Å². The van der Waals surface area contributed by atoms with Crippen LogP contribution in [-0.4, -0.2) is 51.8 Å². The molecular formula is C27H40O7. The van der Waals surface area contributed by atoms with E-state index >= 15 is 0 Å². The molecule has 1 aliphatic rings. The summed E-state index contributed by atoms with van der Waals surface area (Å²) in [5.41, 5.74) is 2.09. The summed E-state index contributed by atoms with van der Waals surface area (Å²) in [5.74, 6) is 0.102. The molecule has 0 bridgehead atoms. The van der Waals surface area contributed by atoms with Crippen LogP contribution in [0.1, 0.15) is 75.8 Å². The molecule has 0 spiro atoms. The fraction of sp³-hybridized carbons (Fsp3) is 0.630. The van der Waals surface area contributed by atoms with E-state index in [0.717, 1.165) is 69.3 Å². The van der Waals surface area contributed by atoms with Crippen LogP contribution in [0.25, 0.3) is 6.08 Å². The van der Waals surface area contributed by atoms with Gasteiger partial charge in [-0.05, 0) is 81.2 Å². The van der Waals surface area contributed by atoms with Crippen molar-refractivity contribution in [2.75, 3.05) is 33.5 Å². The summed E-state index contributed by atoms with van der Waals surface area (Å²) in [5, 5.41) is 0. The summed E-state index contributed by atoms with van der Waals surface area (Å²) in [6.45, 7) is 4.17. The third kappa shape index (κ3) is 11.7. The maximum Gasteiger partial charge on any atom is 0.330 e. The number of carbonyl (C=O) groups is 2. The molecular weight excluding hydrogens is 436 g/mol. The van der Waals surface area contributed by atoms with E-state index in [1.54, 1.807) is 13.0 Å². The molecule has 1 saturated heterocycles. The Morgan fingerprint density at radius 1 is 1.09 bits per heavy atom. The van der Waals surface area contributed by atoms with Gasteiger partial charge >= 0.3 is 11.9 Å². The highest BCUT2D eigenvalue weighted by molar-refractivity contribution is 5.87. The molecule has 0 saturated carbocycles. The van der Waals surface area contributed by atoms with Crippen LogP contribution in [0, 0.1) is 0 Å². The molecule has 0 aromatic heterocycles. The highest BCUT2D eigenvalue weighted by Crippen LogP contribution is 2.22. The lowest BCUT2D eigenvalue weighted by Gasteiger charge is -2.22. The Balaban J connectivity index is 1.77. The number of esters is 2. The zero-order chi connectivity index (χ0) is 24.4. The second-order valence-electron chi connectivity index (χ2n) is 8.31. The lowest BCUT2D eigenvalue weighted by molar-refractivity contribution is -0.162. The van der Waals surface area contributed by atoms with Crippen molar-refractivity contribution in [3.63, 3.8) is 0 Å². The van der Waals surface area contributed by atoms with Gasteiger partial charge in [0.2, 0.25) is 0 Å². The van der Waals surface area contributed by atoms with E-state index < -0.39 is 5.97 Å². The largest absolute Gasteiger partial charge is 0.494 e. The summed E-state index contributed by atoms with van der Waals surface area (Å²) < 4.78 is 26.8. The number of carbonyl (C=O) groups excluding carboxylic acids is 2. The summed E-state index contributed by atoms with van der Waals surface area (Å²) in [7, 11) is 1.36. The molecule has 7 nitrogen and oxygen atoms in total. The van der Waals surface area contributed by atoms with Crippen molar-refractivity contribution in [1.29, 1.82) is 0 Å². The van der Waals surface area contributed by atoms with Gasteiger partial charge in [0.25, 0.3) is 0 Å². The average Bonchev–Trinajstić information content (AvgIpc) is 2.86. The predicted molar refractivity (Wildman–Crippen MR) is 131 cm³/mol. The molecule has 0 N–H and O–H groups in total. The van der Waals surface area contributed by atoms with Gasteiger partial charge in [0, 0.05) is 25.7 Å². The Morgan fingerprint density at radius 3 is 2.71 bits per heavy atom. The molecule has 1 heterocycles. The van der Waals surface area contributed by atoms with Gasteiger partial charge in [0.15, 0.2) is 6.29 Å². The van der Waals surface area contributed by atoms with Crippen LogP contribution in [0.2, 0.25) is 0 Å². The molecule has 0 aliphatic carbocycles. The number of hydrogen-bond donors (Lipinski definition) is 0. The number of ether oxygens (including phenoxy) is 5. The van der Waals surface area contributed by atoms with E-state index in [9.17, 15) is 9.59 Å². The first-order valence-electron chi connectivity index (χ1n) is 12.5. The number of benzene rings is 1. The first kappa shape index (κ1) is 27.9. The Kier molecular flexibility index (Phi) is 14.0. The van der Waals surface area contributed by atoms with Crippen molar-refractivity contribution in [3.05, 3.63) is 35.4 Å². The number of rotatable bonds is 16. The fourth-order valence-electron chi connectivity index (χ4n) is 3.74. The molecule has 1 fully saturated rings. The van der Waals surface area contributed by atoms with Gasteiger partial charge in [-0.3, -0.25) is 4.79 Å². The Bertz CT molecular complexity index is 753. The third-order valence-electron chi connectivity index (χ3n) is 5.60. The molecule has 0 radical (unpaired) electrons. The Morgan fingerprint density at radius 2 is 1.94 bits per heavy atom. The third-order valence-corrected chi connectivity index (χ3v) is 5.60. The molecule has 1 unspecified atom stereocenters. The Hall–Kier alpha value is -2.38. The summed E-state index contributed by atoms with van der Waals surface area (Å²) >= 11 is 0. The maximum atomic E-state index is 11.6. The topological polar surface area (TPSA) is 80.3 Å². The van der Waals surface area contributed by atoms with Crippen molar-refractivity contribution in [1.82, 2.24) is 0 Å². The quantitative estimate of drug-likeness (QED) is 0.183. The zero-order valence-corrected chi connectivity index (χ0v) is 20.7. The average molecular weight is 477 g/mol. The van der Waals surface area contributed by atoms with Gasteiger partial charge in [-0.1, -0.05) is 18.9 Å². The Labute approximate surface area is 203 Å². The summed E-state index contributed by atoms with van der Waals surface area (Å²) in [6, 6.07) is 5.91. The number of unbranched alkanes of at least 4 members (excludes halogenated alkanes) is 3. The van der Waals surface area contributed by atoms with Crippen LogP contribution < -0.4 is 4.74 Å². The number of hydrogen-bond acceptors (Lipinski definition) is 7. The monoisotopic (exact) mass is 476 g/mol. The van der Waals surface area contributed by atoms with Crippen LogP contribution >= 0.6 is 0 Å². The molecule has 7 heteroatoms. The molecule has 1 aromatic rings. The van der Waals surface area contributed by atoms with E-state index in [2.05, 4.69) is 0 Å². The highest BCUT2D eigenvalue weighted by atomic mass is 16.7. The molecule has 190 valence electrons. The standard InChI is InChI=1S/C27H40O7/c1-3-31-26(29)12-10-20-32-24-16-14-22(23(21-24)15-17-25(28)30-2)11-6-4-5-8-18-33-27-13-7-9-19-34-27/h14-17,21,27H,3-13,18-20H2,1-2H3/b17-15+. The molecule has 1 aromatic carbocycles. The molecule has 1 aliphatic heterocycles. The van der Waals surface area contributed by atoms with Crippen molar-refractivity contribution < 1.29 is 33.3 Å².